The summed E-state index contributed by atoms with van der Waals surface area (Å²) in [6.07, 6.45) is 3.93. The largest absolute Gasteiger partial charge is 0.481 e. The van der Waals surface area contributed by atoms with Gasteiger partial charge in [0.25, 0.3) is 0 Å². The van der Waals surface area contributed by atoms with E-state index in [1.165, 1.54) is 0 Å². The van der Waals surface area contributed by atoms with E-state index in [1.54, 1.807) is 6.08 Å². The van der Waals surface area contributed by atoms with Gasteiger partial charge in [0.15, 0.2) is 0 Å². The second-order valence-corrected chi connectivity index (χ2v) is 2.61. The van der Waals surface area contributed by atoms with E-state index < -0.39 is 5.97 Å². The molecule has 0 fully saturated rings. The third-order valence-electron chi connectivity index (χ3n) is 1.48. The van der Waals surface area contributed by atoms with Gasteiger partial charge in [0, 0.05) is 12.8 Å². The van der Waals surface area contributed by atoms with Crippen LogP contribution in [0.4, 0.5) is 0 Å². The average molecular weight is 170 g/mol. The number of carbonyl (C=O) groups excluding carboxylic acids is 1. The molecule has 0 aliphatic heterocycles. The first-order chi connectivity index (χ1) is 5.66. The summed E-state index contributed by atoms with van der Waals surface area (Å²) >= 11 is 0. The van der Waals surface area contributed by atoms with Gasteiger partial charge in [-0.15, -0.1) is 6.58 Å². The Hall–Kier alpha value is -1.12. The minimum atomic E-state index is -0.910. The third kappa shape index (κ3) is 6.99. The van der Waals surface area contributed by atoms with Crippen molar-refractivity contribution in [2.24, 2.45) is 0 Å². The Morgan fingerprint density at radius 3 is 2.42 bits per heavy atom. The summed E-state index contributed by atoms with van der Waals surface area (Å²) in [7, 11) is 0. The van der Waals surface area contributed by atoms with Crippen molar-refractivity contribution < 1.29 is 14.7 Å². The third-order valence-corrected chi connectivity index (χ3v) is 1.48. The number of hydrogen-bond acceptors (Lipinski definition) is 2. The maximum atomic E-state index is 10.9. The highest BCUT2D eigenvalue weighted by molar-refractivity contribution is 5.82. The number of Topliss-reactive ketones (excluding diaryl/α,β-unsaturated/α-hetero) is 1. The lowest BCUT2D eigenvalue weighted by Gasteiger charge is -1.95. The standard InChI is InChI=1S/C9H14O3/c1-2-3-4-5-8(10)6-7-9(11)12/h2H,1,3-7H2,(H,11,12). The highest BCUT2D eigenvalue weighted by Crippen LogP contribution is 2.01. The van der Waals surface area contributed by atoms with E-state index >= 15 is 0 Å². The van der Waals surface area contributed by atoms with Crippen LogP contribution in [0.3, 0.4) is 0 Å². The molecular weight excluding hydrogens is 156 g/mol. The predicted octanol–water partition coefficient (Wildman–Crippen LogP) is 1.78. The summed E-state index contributed by atoms with van der Waals surface area (Å²) < 4.78 is 0. The Labute approximate surface area is 72.1 Å². The number of hydrogen-bond donors (Lipinski definition) is 1. The molecule has 0 radical (unpaired) electrons. The fourth-order valence-corrected chi connectivity index (χ4v) is 0.815. The zero-order valence-corrected chi connectivity index (χ0v) is 7.08. The molecule has 1 N–H and O–H groups in total. The number of rotatable bonds is 7. The van der Waals surface area contributed by atoms with E-state index in [0.29, 0.717) is 6.42 Å². The van der Waals surface area contributed by atoms with Crippen LogP contribution in [0.5, 0.6) is 0 Å². The molecule has 0 spiro atoms. The monoisotopic (exact) mass is 170 g/mol. The van der Waals surface area contributed by atoms with Crippen LogP contribution in [0.15, 0.2) is 12.7 Å². The Morgan fingerprint density at radius 1 is 1.25 bits per heavy atom. The molecule has 0 unspecified atom stereocenters. The van der Waals surface area contributed by atoms with Crippen molar-refractivity contribution >= 4 is 11.8 Å². The summed E-state index contributed by atoms with van der Waals surface area (Å²) in [5.74, 6) is -0.883. The Bertz CT molecular complexity index is 173. The molecule has 12 heavy (non-hydrogen) atoms. The fourth-order valence-electron chi connectivity index (χ4n) is 0.815. The van der Waals surface area contributed by atoms with E-state index in [9.17, 15) is 9.59 Å². The van der Waals surface area contributed by atoms with Gasteiger partial charge in [0.05, 0.1) is 6.42 Å². The number of carbonyl (C=O) groups is 2. The normalized spacial score (nSPS) is 9.33. The van der Waals surface area contributed by atoms with E-state index in [4.69, 9.17) is 5.11 Å². The molecule has 0 atom stereocenters. The molecule has 3 heteroatoms. The van der Waals surface area contributed by atoms with Crippen LogP contribution in [0.25, 0.3) is 0 Å². The van der Waals surface area contributed by atoms with E-state index in [0.717, 1.165) is 12.8 Å². The molecule has 0 saturated heterocycles. The Balaban J connectivity index is 3.33. The SMILES string of the molecule is C=CCCCC(=O)CCC(=O)O. The Morgan fingerprint density at radius 2 is 1.92 bits per heavy atom. The molecule has 3 nitrogen and oxygen atoms in total. The Kier molecular flexibility index (Phi) is 5.97. The first-order valence-electron chi connectivity index (χ1n) is 4.01. The van der Waals surface area contributed by atoms with Crippen molar-refractivity contribution in [1.82, 2.24) is 0 Å². The molecular formula is C9H14O3. The molecule has 0 saturated carbocycles. The number of unbranched alkanes of at least 4 members (excludes halogenated alkanes) is 1. The highest BCUT2D eigenvalue weighted by atomic mass is 16.4. The summed E-state index contributed by atoms with van der Waals surface area (Å²) in [4.78, 5) is 21.0. The molecule has 0 aliphatic rings. The van der Waals surface area contributed by atoms with Crippen LogP contribution in [0, 0.1) is 0 Å². The second-order valence-electron chi connectivity index (χ2n) is 2.61. The van der Waals surface area contributed by atoms with E-state index in [2.05, 4.69) is 6.58 Å². The minimum absolute atomic E-state index is 0.0271. The summed E-state index contributed by atoms with van der Waals surface area (Å²) in [6, 6.07) is 0. The van der Waals surface area contributed by atoms with Gasteiger partial charge >= 0.3 is 5.97 Å². The van der Waals surface area contributed by atoms with Crippen LogP contribution in [-0.2, 0) is 9.59 Å². The number of carboxylic acid groups (broad SMARTS) is 1. The first-order valence-corrected chi connectivity index (χ1v) is 4.01. The topological polar surface area (TPSA) is 54.4 Å². The molecule has 0 aromatic carbocycles. The summed E-state index contributed by atoms with van der Waals surface area (Å²) in [5, 5.41) is 8.27. The quantitative estimate of drug-likeness (QED) is 0.468. The predicted molar refractivity (Wildman–Crippen MR) is 45.9 cm³/mol. The van der Waals surface area contributed by atoms with Crippen molar-refractivity contribution in [1.29, 1.82) is 0 Å². The highest BCUT2D eigenvalue weighted by Gasteiger charge is 2.04. The number of ketones is 1. The minimum Gasteiger partial charge on any atom is -0.481 e. The van der Waals surface area contributed by atoms with E-state index in [-0.39, 0.29) is 18.6 Å². The summed E-state index contributed by atoms with van der Waals surface area (Å²) in [6.45, 7) is 3.53. The van der Waals surface area contributed by atoms with Gasteiger partial charge in [-0.25, -0.2) is 0 Å². The average Bonchev–Trinajstić information content (AvgIpc) is 2.01. The molecule has 0 aromatic rings. The lowest BCUT2D eigenvalue weighted by molar-refractivity contribution is -0.138. The van der Waals surface area contributed by atoms with Gasteiger partial charge in [-0.3, -0.25) is 9.59 Å². The molecule has 0 rings (SSSR count). The zero-order chi connectivity index (χ0) is 9.40. The van der Waals surface area contributed by atoms with Crippen molar-refractivity contribution in [3.63, 3.8) is 0 Å². The van der Waals surface area contributed by atoms with Gasteiger partial charge < -0.3 is 5.11 Å². The number of aliphatic carboxylic acids is 1. The maximum absolute atomic E-state index is 10.9. The fraction of sp³-hybridized carbons (Fsp3) is 0.556. The van der Waals surface area contributed by atoms with Gasteiger partial charge in [-0.2, -0.15) is 0 Å². The summed E-state index contributed by atoms with van der Waals surface area (Å²) in [5.41, 5.74) is 0. The first kappa shape index (κ1) is 10.9. The molecule has 0 heterocycles. The van der Waals surface area contributed by atoms with Gasteiger partial charge in [0.2, 0.25) is 0 Å². The van der Waals surface area contributed by atoms with Crippen LogP contribution in [0.1, 0.15) is 32.1 Å². The lowest BCUT2D eigenvalue weighted by atomic mass is 10.1. The molecule has 0 bridgehead atoms. The molecule has 0 aliphatic carbocycles. The van der Waals surface area contributed by atoms with E-state index in [1.807, 2.05) is 0 Å². The van der Waals surface area contributed by atoms with Gasteiger partial charge in [-0.05, 0) is 12.8 Å². The number of carboxylic acids is 1. The molecule has 68 valence electrons. The number of allylic oxidation sites excluding steroid dienone is 1. The smallest absolute Gasteiger partial charge is 0.303 e. The van der Waals surface area contributed by atoms with Crippen LogP contribution >= 0.6 is 0 Å². The van der Waals surface area contributed by atoms with Crippen LogP contribution in [0.2, 0.25) is 0 Å². The van der Waals surface area contributed by atoms with Crippen LogP contribution in [-0.4, -0.2) is 16.9 Å². The molecule has 0 aromatic heterocycles. The van der Waals surface area contributed by atoms with Crippen molar-refractivity contribution in [3.05, 3.63) is 12.7 Å². The van der Waals surface area contributed by atoms with Gasteiger partial charge in [-0.1, -0.05) is 6.08 Å². The van der Waals surface area contributed by atoms with Crippen molar-refractivity contribution in [2.45, 2.75) is 32.1 Å². The van der Waals surface area contributed by atoms with Crippen molar-refractivity contribution in [2.75, 3.05) is 0 Å². The van der Waals surface area contributed by atoms with Crippen molar-refractivity contribution in [3.8, 4) is 0 Å². The second kappa shape index (κ2) is 6.58. The van der Waals surface area contributed by atoms with Crippen LogP contribution < -0.4 is 0 Å². The zero-order valence-electron chi connectivity index (χ0n) is 7.08. The maximum Gasteiger partial charge on any atom is 0.303 e. The molecule has 0 amide bonds. The van der Waals surface area contributed by atoms with Gasteiger partial charge in [0.1, 0.15) is 5.78 Å². The lowest BCUT2D eigenvalue weighted by Crippen LogP contribution is -2.02.